The molecule has 21 heavy (non-hydrogen) atoms. The van der Waals surface area contributed by atoms with Crippen LogP contribution in [0.2, 0.25) is 0 Å². The van der Waals surface area contributed by atoms with Crippen molar-refractivity contribution >= 4 is 11.8 Å². The Kier molecular flexibility index (Phi) is 4.96. The van der Waals surface area contributed by atoms with E-state index in [-0.39, 0.29) is 23.7 Å². The highest BCUT2D eigenvalue weighted by molar-refractivity contribution is 5.96. The average molecular weight is 290 g/mol. The van der Waals surface area contributed by atoms with Crippen molar-refractivity contribution in [2.24, 2.45) is 11.8 Å². The van der Waals surface area contributed by atoms with Gasteiger partial charge in [0.15, 0.2) is 0 Å². The topological polar surface area (TPSA) is 58.6 Å². The molecule has 0 saturated carbocycles. The van der Waals surface area contributed by atoms with Crippen LogP contribution in [0.4, 0.5) is 0 Å². The van der Waals surface area contributed by atoms with E-state index < -0.39 is 0 Å². The summed E-state index contributed by atoms with van der Waals surface area (Å²) in [6.07, 6.45) is 0. The van der Waals surface area contributed by atoms with Gasteiger partial charge in [0.2, 0.25) is 5.91 Å². The van der Waals surface area contributed by atoms with Crippen molar-refractivity contribution in [3.05, 3.63) is 35.4 Å². The molecule has 1 fully saturated rings. The van der Waals surface area contributed by atoms with Crippen LogP contribution >= 0.6 is 0 Å². The van der Waals surface area contributed by atoms with E-state index in [1.54, 1.807) is 19.1 Å². The second-order valence-electron chi connectivity index (χ2n) is 5.46. The molecule has 1 N–H and O–H groups in total. The molecule has 0 radical (unpaired) electrons. The molecule has 0 aromatic heterocycles. The Bertz CT molecular complexity index is 530. The van der Waals surface area contributed by atoms with Gasteiger partial charge in [-0.15, -0.1) is 0 Å². The van der Waals surface area contributed by atoms with Crippen LogP contribution in [0.1, 0.15) is 15.9 Å². The Morgan fingerprint density at radius 2 is 2.05 bits per heavy atom. The van der Waals surface area contributed by atoms with E-state index in [4.69, 9.17) is 4.74 Å². The lowest BCUT2D eigenvalue weighted by Gasteiger charge is -2.17. The minimum absolute atomic E-state index is 0.0133. The maximum Gasteiger partial charge on any atom is 0.254 e. The Labute approximate surface area is 125 Å². The molecule has 1 heterocycles. The summed E-state index contributed by atoms with van der Waals surface area (Å²) in [4.78, 5) is 26.3. The number of benzene rings is 1. The normalized spacial score (nSPS) is 21.4. The number of amides is 2. The second kappa shape index (κ2) is 6.72. The summed E-state index contributed by atoms with van der Waals surface area (Å²) in [5.74, 6) is -0.205. The molecule has 1 aromatic rings. The third-order valence-electron chi connectivity index (χ3n) is 4.07. The molecular weight excluding hydrogens is 268 g/mol. The van der Waals surface area contributed by atoms with E-state index in [9.17, 15) is 9.59 Å². The standard InChI is InChI=1S/C16H22N2O3/c1-11-6-4-5-7-13(11)16(20)18-8-12(10-21-3)14(9-18)15(19)17-2/h4-7,12,14H,8-10H2,1-3H3,(H,17,19)/t12-,14+/m0/s1. The van der Waals surface area contributed by atoms with Crippen LogP contribution in [-0.2, 0) is 9.53 Å². The van der Waals surface area contributed by atoms with Gasteiger partial charge in [0.25, 0.3) is 5.91 Å². The highest BCUT2D eigenvalue weighted by Crippen LogP contribution is 2.26. The van der Waals surface area contributed by atoms with Crippen molar-refractivity contribution in [3.63, 3.8) is 0 Å². The number of hydrogen-bond acceptors (Lipinski definition) is 3. The highest BCUT2D eigenvalue weighted by Gasteiger charge is 2.39. The third-order valence-corrected chi connectivity index (χ3v) is 4.07. The Balaban J connectivity index is 2.16. The van der Waals surface area contributed by atoms with Crippen LogP contribution in [-0.4, -0.2) is 50.6 Å². The zero-order valence-electron chi connectivity index (χ0n) is 12.8. The zero-order valence-corrected chi connectivity index (χ0v) is 12.8. The number of nitrogens with one attached hydrogen (secondary N) is 1. The lowest BCUT2D eigenvalue weighted by Crippen LogP contribution is -2.34. The fourth-order valence-corrected chi connectivity index (χ4v) is 2.89. The summed E-state index contributed by atoms with van der Waals surface area (Å²) in [7, 11) is 3.24. The van der Waals surface area contributed by atoms with Gasteiger partial charge in [-0.1, -0.05) is 18.2 Å². The molecule has 1 aromatic carbocycles. The first kappa shape index (κ1) is 15.5. The van der Waals surface area contributed by atoms with Crippen LogP contribution in [0.25, 0.3) is 0 Å². The van der Waals surface area contributed by atoms with Gasteiger partial charge >= 0.3 is 0 Å². The van der Waals surface area contributed by atoms with E-state index in [0.717, 1.165) is 5.56 Å². The third kappa shape index (κ3) is 3.24. The fraction of sp³-hybridized carbons (Fsp3) is 0.500. The van der Waals surface area contributed by atoms with Gasteiger partial charge in [-0.2, -0.15) is 0 Å². The molecule has 114 valence electrons. The lowest BCUT2D eigenvalue weighted by molar-refractivity contribution is -0.125. The molecule has 2 atom stereocenters. The van der Waals surface area contributed by atoms with E-state index in [1.807, 2.05) is 31.2 Å². The van der Waals surface area contributed by atoms with Crippen LogP contribution in [0.15, 0.2) is 24.3 Å². The summed E-state index contributed by atoms with van der Waals surface area (Å²) in [6.45, 7) is 3.40. The first-order valence-electron chi connectivity index (χ1n) is 7.14. The molecule has 2 amide bonds. The van der Waals surface area contributed by atoms with E-state index in [1.165, 1.54) is 0 Å². The van der Waals surface area contributed by atoms with Gasteiger partial charge in [0, 0.05) is 38.7 Å². The number of aryl methyl sites for hydroxylation is 1. The number of carbonyl (C=O) groups excluding carboxylic acids is 2. The van der Waals surface area contributed by atoms with Gasteiger partial charge in [0.05, 0.1) is 12.5 Å². The molecule has 1 saturated heterocycles. The van der Waals surface area contributed by atoms with Crippen molar-refractivity contribution in [1.82, 2.24) is 10.2 Å². The molecule has 0 aliphatic carbocycles. The molecule has 0 spiro atoms. The maximum atomic E-state index is 12.6. The molecule has 0 unspecified atom stereocenters. The number of ether oxygens (including phenoxy) is 1. The van der Waals surface area contributed by atoms with Gasteiger partial charge in [0.1, 0.15) is 0 Å². The van der Waals surface area contributed by atoms with Gasteiger partial charge in [-0.3, -0.25) is 9.59 Å². The second-order valence-corrected chi connectivity index (χ2v) is 5.46. The molecular formula is C16H22N2O3. The minimum atomic E-state index is -0.206. The summed E-state index contributed by atoms with van der Waals surface area (Å²) >= 11 is 0. The van der Waals surface area contributed by atoms with Crippen LogP contribution in [0.5, 0.6) is 0 Å². The summed E-state index contributed by atoms with van der Waals surface area (Å²) in [5.41, 5.74) is 1.65. The van der Waals surface area contributed by atoms with Crippen LogP contribution < -0.4 is 5.32 Å². The molecule has 5 nitrogen and oxygen atoms in total. The van der Waals surface area contributed by atoms with Crippen LogP contribution in [0.3, 0.4) is 0 Å². The molecule has 5 heteroatoms. The van der Waals surface area contributed by atoms with Gasteiger partial charge in [-0.05, 0) is 18.6 Å². The predicted octanol–water partition coefficient (Wildman–Crippen LogP) is 1.08. The number of hydrogen-bond donors (Lipinski definition) is 1. The lowest BCUT2D eigenvalue weighted by atomic mass is 9.96. The quantitative estimate of drug-likeness (QED) is 0.902. The zero-order chi connectivity index (χ0) is 15.4. The molecule has 2 rings (SSSR count). The first-order valence-corrected chi connectivity index (χ1v) is 7.14. The molecule has 1 aliphatic rings. The van der Waals surface area contributed by atoms with Crippen molar-refractivity contribution in [3.8, 4) is 0 Å². The Morgan fingerprint density at radius 3 is 2.67 bits per heavy atom. The fourth-order valence-electron chi connectivity index (χ4n) is 2.89. The van der Waals surface area contributed by atoms with Crippen molar-refractivity contribution in [2.45, 2.75) is 6.92 Å². The molecule has 0 bridgehead atoms. The maximum absolute atomic E-state index is 12.6. The minimum Gasteiger partial charge on any atom is -0.384 e. The monoisotopic (exact) mass is 290 g/mol. The number of likely N-dealkylation sites (tertiary alicyclic amines) is 1. The Morgan fingerprint density at radius 1 is 1.33 bits per heavy atom. The number of nitrogens with zero attached hydrogens (tertiary/aromatic N) is 1. The largest absolute Gasteiger partial charge is 0.384 e. The van der Waals surface area contributed by atoms with Crippen molar-refractivity contribution < 1.29 is 14.3 Å². The summed E-state index contributed by atoms with van der Waals surface area (Å²) < 4.78 is 5.19. The van der Waals surface area contributed by atoms with E-state index >= 15 is 0 Å². The SMILES string of the molecule is CNC(=O)[C@@H]1CN(C(=O)c2ccccc2C)C[C@H]1COC. The summed E-state index contributed by atoms with van der Waals surface area (Å²) in [6, 6.07) is 7.53. The van der Waals surface area contributed by atoms with Crippen molar-refractivity contribution in [2.75, 3.05) is 33.9 Å². The first-order chi connectivity index (χ1) is 10.1. The Hall–Kier alpha value is -1.88. The summed E-state index contributed by atoms with van der Waals surface area (Å²) in [5, 5.41) is 2.67. The predicted molar refractivity (Wildman–Crippen MR) is 80.0 cm³/mol. The van der Waals surface area contributed by atoms with Gasteiger partial charge in [-0.25, -0.2) is 0 Å². The number of rotatable bonds is 4. The smallest absolute Gasteiger partial charge is 0.254 e. The number of carbonyl (C=O) groups is 2. The van der Waals surface area contributed by atoms with Crippen molar-refractivity contribution in [1.29, 1.82) is 0 Å². The van der Waals surface area contributed by atoms with Gasteiger partial charge < -0.3 is 15.0 Å². The van der Waals surface area contributed by atoms with E-state index in [0.29, 0.717) is 25.3 Å². The van der Waals surface area contributed by atoms with Crippen LogP contribution in [0, 0.1) is 18.8 Å². The number of methoxy groups -OCH3 is 1. The average Bonchev–Trinajstić information content (AvgIpc) is 2.91. The molecule has 1 aliphatic heterocycles. The van der Waals surface area contributed by atoms with E-state index in [2.05, 4.69) is 5.32 Å². The highest BCUT2D eigenvalue weighted by atomic mass is 16.5.